The van der Waals surface area contributed by atoms with Gasteiger partial charge in [-0.25, -0.2) is 4.79 Å². The SMILES string of the molecule is CCc1cc(=O)oc2nc(ON=C3CCOCC3)[nH]c(=O)c12. The Morgan fingerprint density at radius 2 is 2.14 bits per heavy atom. The molecule has 116 valence electrons. The normalized spacial score (nSPS) is 15.0. The second-order valence-electron chi connectivity index (χ2n) is 4.86. The van der Waals surface area contributed by atoms with E-state index >= 15 is 0 Å². The topological polar surface area (TPSA) is 107 Å². The molecule has 2 aromatic heterocycles. The Balaban J connectivity index is 1.98. The molecule has 3 rings (SSSR count). The van der Waals surface area contributed by atoms with Gasteiger partial charge in [-0.15, -0.1) is 0 Å². The highest BCUT2D eigenvalue weighted by Crippen LogP contribution is 2.14. The molecule has 3 heterocycles. The summed E-state index contributed by atoms with van der Waals surface area (Å²) in [5.41, 5.74) is 0.396. The van der Waals surface area contributed by atoms with Crippen LogP contribution in [0, 0.1) is 0 Å². The lowest BCUT2D eigenvalue weighted by Gasteiger charge is -2.12. The summed E-state index contributed by atoms with van der Waals surface area (Å²) in [6.45, 7) is 3.03. The first-order chi connectivity index (χ1) is 10.7. The number of rotatable bonds is 3. The van der Waals surface area contributed by atoms with Crippen molar-refractivity contribution in [1.29, 1.82) is 0 Å². The van der Waals surface area contributed by atoms with Crippen molar-refractivity contribution in [3.05, 3.63) is 32.4 Å². The second kappa shape index (κ2) is 6.10. The number of aromatic amines is 1. The maximum Gasteiger partial charge on any atom is 0.337 e. The highest BCUT2D eigenvalue weighted by molar-refractivity contribution is 5.84. The fourth-order valence-corrected chi connectivity index (χ4v) is 2.26. The zero-order chi connectivity index (χ0) is 15.5. The van der Waals surface area contributed by atoms with Gasteiger partial charge >= 0.3 is 11.6 Å². The maximum atomic E-state index is 12.1. The second-order valence-corrected chi connectivity index (χ2v) is 4.86. The molecule has 2 aromatic rings. The molecule has 8 heteroatoms. The van der Waals surface area contributed by atoms with Gasteiger partial charge in [-0.05, 0) is 12.0 Å². The third kappa shape index (κ3) is 2.91. The van der Waals surface area contributed by atoms with Gasteiger partial charge in [0.05, 0.1) is 18.9 Å². The molecule has 0 unspecified atom stereocenters. The molecule has 0 saturated carbocycles. The van der Waals surface area contributed by atoms with E-state index in [9.17, 15) is 9.59 Å². The quantitative estimate of drug-likeness (QED) is 0.847. The van der Waals surface area contributed by atoms with Crippen molar-refractivity contribution in [2.24, 2.45) is 5.16 Å². The summed E-state index contributed by atoms with van der Waals surface area (Å²) in [6, 6.07) is 1.19. The van der Waals surface area contributed by atoms with Gasteiger partial charge in [0.15, 0.2) is 0 Å². The fourth-order valence-electron chi connectivity index (χ4n) is 2.26. The van der Waals surface area contributed by atoms with Crippen molar-refractivity contribution in [3.8, 4) is 6.01 Å². The summed E-state index contributed by atoms with van der Waals surface area (Å²) < 4.78 is 10.2. The Morgan fingerprint density at radius 3 is 2.86 bits per heavy atom. The Bertz CT molecular complexity index is 828. The van der Waals surface area contributed by atoms with E-state index in [1.807, 2.05) is 6.92 Å². The number of fused-ring (bicyclic) bond motifs is 1. The third-order valence-electron chi connectivity index (χ3n) is 3.39. The van der Waals surface area contributed by atoms with E-state index < -0.39 is 11.2 Å². The highest BCUT2D eigenvalue weighted by atomic mass is 16.6. The standard InChI is InChI=1S/C14H15N3O5/c1-2-8-7-10(18)21-13-11(8)12(19)15-14(16-13)22-17-9-3-5-20-6-4-9/h7H,2-6H2,1H3,(H,15,16,19). The fraction of sp³-hybridized carbons (Fsp3) is 0.429. The van der Waals surface area contributed by atoms with Crippen LogP contribution in [0.1, 0.15) is 25.3 Å². The molecular formula is C14H15N3O5. The zero-order valence-electron chi connectivity index (χ0n) is 12.0. The van der Waals surface area contributed by atoms with Crippen LogP contribution in [0.5, 0.6) is 6.01 Å². The lowest BCUT2D eigenvalue weighted by molar-refractivity contribution is 0.132. The molecule has 0 aliphatic carbocycles. The number of ether oxygens (including phenoxy) is 1. The van der Waals surface area contributed by atoms with Crippen molar-refractivity contribution in [3.63, 3.8) is 0 Å². The molecule has 8 nitrogen and oxygen atoms in total. The van der Waals surface area contributed by atoms with Crippen molar-refractivity contribution in [2.75, 3.05) is 13.2 Å². The summed E-state index contributed by atoms with van der Waals surface area (Å²) in [5.74, 6) is 0. The Kier molecular flexibility index (Phi) is 4.01. The first-order valence-electron chi connectivity index (χ1n) is 7.05. The molecule has 1 N–H and O–H groups in total. The number of nitrogens with zero attached hydrogens (tertiary/aromatic N) is 2. The number of hydrogen-bond acceptors (Lipinski definition) is 7. The van der Waals surface area contributed by atoms with Gasteiger partial charge in [0.1, 0.15) is 5.39 Å². The van der Waals surface area contributed by atoms with E-state index in [0.29, 0.717) is 38.0 Å². The van der Waals surface area contributed by atoms with Crippen molar-refractivity contribution >= 4 is 16.8 Å². The van der Waals surface area contributed by atoms with Crippen LogP contribution in [0.25, 0.3) is 11.1 Å². The lowest BCUT2D eigenvalue weighted by Crippen LogP contribution is -2.17. The van der Waals surface area contributed by atoms with E-state index in [-0.39, 0.29) is 17.1 Å². The molecule has 1 saturated heterocycles. The average molecular weight is 305 g/mol. The molecule has 0 amide bonds. The van der Waals surface area contributed by atoms with Crippen molar-refractivity contribution < 1.29 is 14.0 Å². The zero-order valence-corrected chi connectivity index (χ0v) is 12.0. The number of aryl methyl sites for hydroxylation is 1. The predicted octanol–water partition coefficient (Wildman–Crippen LogP) is 0.984. The van der Waals surface area contributed by atoms with Crippen LogP contribution in [0.2, 0.25) is 0 Å². The maximum absolute atomic E-state index is 12.1. The number of nitrogens with one attached hydrogen (secondary N) is 1. The largest absolute Gasteiger partial charge is 0.403 e. The molecule has 1 aliphatic heterocycles. The summed E-state index contributed by atoms with van der Waals surface area (Å²) >= 11 is 0. The van der Waals surface area contributed by atoms with E-state index in [1.54, 1.807) is 0 Å². The van der Waals surface area contributed by atoms with Gasteiger partial charge in [0.2, 0.25) is 5.71 Å². The molecule has 0 aromatic carbocycles. The third-order valence-corrected chi connectivity index (χ3v) is 3.39. The number of aromatic nitrogens is 2. The Hall–Kier alpha value is -2.48. The molecule has 22 heavy (non-hydrogen) atoms. The van der Waals surface area contributed by atoms with Gasteiger partial charge in [-0.1, -0.05) is 12.1 Å². The summed E-state index contributed by atoms with van der Waals surface area (Å²) in [5, 5.41) is 4.21. The smallest absolute Gasteiger partial charge is 0.337 e. The van der Waals surface area contributed by atoms with E-state index in [0.717, 1.165) is 5.71 Å². The van der Waals surface area contributed by atoms with E-state index in [2.05, 4.69) is 15.1 Å². The van der Waals surface area contributed by atoms with Gasteiger partial charge < -0.3 is 14.0 Å². The number of hydrogen-bond donors (Lipinski definition) is 1. The van der Waals surface area contributed by atoms with Crippen LogP contribution in [0.4, 0.5) is 0 Å². The van der Waals surface area contributed by atoms with Gasteiger partial charge in [0.25, 0.3) is 5.56 Å². The summed E-state index contributed by atoms with van der Waals surface area (Å²) in [6.07, 6.45) is 1.87. The predicted molar refractivity (Wildman–Crippen MR) is 78.4 cm³/mol. The molecule has 0 spiro atoms. The van der Waals surface area contributed by atoms with Crippen molar-refractivity contribution in [1.82, 2.24) is 9.97 Å². The van der Waals surface area contributed by atoms with E-state index in [4.69, 9.17) is 14.0 Å². The molecule has 1 aliphatic rings. The summed E-state index contributed by atoms with van der Waals surface area (Å²) in [7, 11) is 0. The van der Waals surface area contributed by atoms with Gasteiger partial charge in [0, 0.05) is 18.9 Å². The van der Waals surface area contributed by atoms with Crippen LogP contribution in [-0.4, -0.2) is 28.9 Å². The molecular weight excluding hydrogens is 290 g/mol. The van der Waals surface area contributed by atoms with Crippen molar-refractivity contribution in [2.45, 2.75) is 26.2 Å². The Labute approximate surface area is 124 Å². The number of oxime groups is 1. The molecule has 1 fully saturated rings. The molecule has 0 radical (unpaired) electrons. The highest BCUT2D eigenvalue weighted by Gasteiger charge is 2.13. The summed E-state index contributed by atoms with van der Waals surface area (Å²) in [4.78, 5) is 35.3. The first-order valence-corrected chi connectivity index (χ1v) is 7.05. The minimum absolute atomic E-state index is 0.0460. The minimum Gasteiger partial charge on any atom is -0.403 e. The van der Waals surface area contributed by atoms with Crippen LogP contribution < -0.4 is 16.0 Å². The molecule has 0 atom stereocenters. The average Bonchev–Trinajstić information content (AvgIpc) is 2.52. The van der Waals surface area contributed by atoms with Gasteiger partial charge in [-0.3, -0.25) is 9.78 Å². The van der Waals surface area contributed by atoms with Crippen LogP contribution in [0.3, 0.4) is 0 Å². The van der Waals surface area contributed by atoms with Crippen LogP contribution in [-0.2, 0) is 11.2 Å². The monoisotopic (exact) mass is 305 g/mol. The minimum atomic E-state index is -0.552. The molecule has 0 bridgehead atoms. The van der Waals surface area contributed by atoms with E-state index in [1.165, 1.54) is 6.07 Å². The van der Waals surface area contributed by atoms with Crippen LogP contribution in [0.15, 0.2) is 25.2 Å². The first kappa shape index (κ1) is 14.5. The Morgan fingerprint density at radius 1 is 1.36 bits per heavy atom. The van der Waals surface area contributed by atoms with Gasteiger partial charge in [-0.2, -0.15) is 4.98 Å². The lowest BCUT2D eigenvalue weighted by atomic mass is 10.1. The van der Waals surface area contributed by atoms with Crippen LogP contribution >= 0.6 is 0 Å². The number of H-pyrrole nitrogens is 1.